The monoisotopic (exact) mass is 510 g/mol. The Kier molecular flexibility index (Phi) is 11.7. The molecule has 0 radical (unpaired) electrons. The van der Waals surface area contributed by atoms with Gasteiger partial charge in [-0.3, -0.25) is 18.7 Å². The molecule has 0 bridgehead atoms. The van der Waals surface area contributed by atoms with Crippen LogP contribution in [0, 0.1) is 0 Å². The van der Waals surface area contributed by atoms with E-state index in [1.165, 1.54) is 24.3 Å². The van der Waals surface area contributed by atoms with Crippen LogP contribution in [0.3, 0.4) is 0 Å². The maximum atomic E-state index is 11.7. The van der Waals surface area contributed by atoms with Gasteiger partial charge in [0.05, 0.1) is 17.5 Å². The van der Waals surface area contributed by atoms with Gasteiger partial charge in [-0.2, -0.15) is 8.42 Å². The second-order valence-electron chi connectivity index (χ2n) is 5.54. The molecule has 0 aromatic heterocycles. The van der Waals surface area contributed by atoms with E-state index in [0.29, 0.717) is 5.56 Å². The number of alkyl halides is 2. The lowest BCUT2D eigenvalue weighted by Crippen LogP contribution is -2.45. The molecule has 1 aromatic carbocycles. The van der Waals surface area contributed by atoms with Crippen molar-refractivity contribution < 1.29 is 45.4 Å². The number of sulfone groups is 1. The number of carbonyl (C=O) groups excluding carboxylic acids is 2. The number of nitrogens with two attached hydrogens (primary N) is 1. The molecule has 2 atom stereocenters. The molecule has 12 nitrogen and oxygen atoms in total. The predicted molar refractivity (Wildman–Crippen MR) is 106 cm³/mol. The van der Waals surface area contributed by atoms with Crippen LogP contribution in [0.1, 0.15) is 11.7 Å². The first kappa shape index (κ1) is 28.5. The van der Waals surface area contributed by atoms with E-state index in [4.69, 9.17) is 51.2 Å². The van der Waals surface area contributed by atoms with Crippen molar-refractivity contribution in [3.05, 3.63) is 29.8 Å². The molecule has 172 valence electrons. The number of rotatable bonds is 8. The Morgan fingerprint density at radius 3 is 1.97 bits per heavy atom. The number of carbonyl (C=O) groups is 2. The predicted octanol–water partition coefficient (Wildman–Crippen LogP) is -0.739. The van der Waals surface area contributed by atoms with Gasteiger partial charge < -0.3 is 20.9 Å². The fourth-order valence-electron chi connectivity index (χ4n) is 1.84. The summed E-state index contributed by atoms with van der Waals surface area (Å²) in [7, 11) is -8.06. The van der Waals surface area contributed by atoms with Crippen LogP contribution in [0.2, 0.25) is 0 Å². The van der Waals surface area contributed by atoms with E-state index in [1.807, 2.05) is 0 Å². The van der Waals surface area contributed by atoms with Crippen molar-refractivity contribution in [1.29, 1.82) is 0 Å². The Bertz CT molecular complexity index is 913. The summed E-state index contributed by atoms with van der Waals surface area (Å²) in [6.07, 6.45) is -0.260. The topological polar surface area (TPSA) is 210 Å². The fraction of sp³-hybridized carbons (Fsp3) is 0.429. The van der Waals surface area contributed by atoms with E-state index in [1.54, 1.807) is 0 Å². The molecule has 1 rings (SSSR count). The molecule has 1 amide bonds. The van der Waals surface area contributed by atoms with Crippen LogP contribution in [0.25, 0.3) is 0 Å². The van der Waals surface area contributed by atoms with E-state index in [0.717, 1.165) is 6.26 Å². The number of nitrogens with one attached hydrogen (secondary N) is 1. The highest BCUT2D eigenvalue weighted by Gasteiger charge is 2.26. The number of halogens is 2. The van der Waals surface area contributed by atoms with Crippen molar-refractivity contribution in [3.63, 3.8) is 0 Å². The number of benzene rings is 1. The lowest BCUT2D eigenvalue weighted by Gasteiger charge is -2.24. The Labute approximate surface area is 182 Å². The molecule has 0 saturated carbocycles. The minimum absolute atomic E-state index is 0.0696. The van der Waals surface area contributed by atoms with Gasteiger partial charge in [0.1, 0.15) is 12.7 Å². The third kappa shape index (κ3) is 12.2. The van der Waals surface area contributed by atoms with Gasteiger partial charge in [0.25, 0.3) is 5.91 Å². The van der Waals surface area contributed by atoms with E-state index >= 15 is 0 Å². The quantitative estimate of drug-likeness (QED) is 0.167. The van der Waals surface area contributed by atoms with Gasteiger partial charge in [-0.25, -0.2) is 8.42 Å². The van der Waals surface area contributed by atoms with Crippen molar-refractivity contribution in [3.8, 4) is 0 Å². The zero-order valence-electron chi connectivity index (χ0n) is 15.3. The summed E-state index contributed by atoms with van der Waals surface area (Å²) in [5.74, 6) is -1.52. The van der Waals surface area contributed by atoms with Crippen LogP contribution in [0.15, 0.2) is 29.2 Å². The molecule has 1 aromatic rings. The van der Waals surface area contributed by atoms with Gasteiger partial charge in [0, 0.05) is 6.26 Å². The molecule has 30 heavy (non-hydrogen) atoms. The van der Waals surface area contributed by atoms with Crippen molar-refractivity contribution in [2.45, 2.75) is 21.9 Å². The summed E-state index contributed by atoms with van der Waals surface area (Å²) in [6.45, 7) is -0.745. The first-order valence-electron chi connectivity index (χ1n) is 7.68. The van der Waals surface area contributed by atoms with Crippen LogP contribution in [-0.4, -0.2) is 73.2 Å². The van der Waals surface area contributed by atoms with Gasteiger partial charge >= 0.3 is 16.4 Å². The van der Waals surface area contributed by atoms with Crippen molar-refractivity contribution >= 4 is 55.3 Å². The fourth-order valence-corrected chi connectivity index (χ4v) is 2.60. The lowest BCUT2D eigenvalue weighted by atomic mass is 10.0. The molecule has 0 fully saturated rings. The molecule has 0 heterocycles. The summed E-state index contributed by atoms with van der Waals surface area (Å²) >= 11 is 10.9. The van der Waals surface area contributed by atoms with Crippen LogP contribution in [0.5, 0.6) is 0 Å². The standard InChI is InChI=1S/C14H18Cl2N2O6S.H2O4S/c1-25(22,23)9-4-2-8(3-5-9)12(20)10(7-24-11(19)6-17)18-14(21)13(15)16;1-5(2,3)4/h2-5,10,12-13,20H,6-7,17H2,1H3,(H,18,21);(H2,1,2,3,4). The Balaban J connectivity index is 0.00000150. The van der Waals surface area contributed by atoms with Gasteiger partial charge in [-0.1, -0.05) is 35.3 Å². The van der Waals surface area contributed by atoms with Crippen LogP contribution < -0.4 is 11.1 Å². The minimum atomic E-state index is -4.67. The minimum Gasteiger partial charge on any atom is -0.462 e. The van der Waals surface area contributed by atoms with E-state index in [-0.39, 0.29) is 18.0 Å². The molecule has 0 aliphatic carbocycles. The number of esters is 1. The SMILES string of the molecule is CS(=O)(=O)c1ccc(C(O)C(COC(=O)CN)NC(=O)C(Cl)Cl)cc1.O=S(=O)(O)O. The number of hydrogen-bond acceptors (Lipinski definition) is 9. The number of aliphatic hydroxyl groups excluding tert-OH is 1. The van der Waals surface area contributed by atoms with Gasteiger partial charge in [-0.05, 0) is 17.7 Å². The highest BCUT2D eigenvalue weighted by Crippen LogP contribution is 2.20. The summed E-state index contributed by atoms with van der Waals surface area (Å²) in [5, 5.41) is 12.8. The summed E-state index contributed by atoms with van der Waals surface area (Å²) < 4.78 is 59.3. The third-order valence-electron chi connectivity index (χ3n) is 3.15. The summed E-state index contributed by atoms with van der Waals surface area (Å²) in [6, 6.07) is 4.31. The summed E-state index contributed by atoms with van der Waals surface area (Å²) in [4.78, 5) is 21.5. The first-order valence-corrected chi connectivity index (χ1v) is 11.8. The van der Waals surface area contributed by atoms with Crippen molar-refractivity contribution in [2.24, 2.45) is 5.73 Å². The van der Waals surface area contributed by atoms with Crippen LogP contribution in [-0.2, 0) is 34.6 Å². The Hall–Kier alpha value is -1.52. The smallest absolute Gasteiger partial charge is 0.394 e. The molecule has 0 spiro atoms. The largest absolute Gasteiger partial charge is 0.462 e. The van der Waals surface area contributed by atoms with E-state index < -0.39 is 49.1 Å². The van der Waals surface area contributed by atoms with E-state index in [9.17, 15) is 23.1 Å². The number of hydrogen-bond donors (Lipinski definition) is 5. The molecule has 16 heteroatoms. The molecule has 0 saturated heterocycles. The summed E-state index contributed by atoms with van der Waals surface area (Å²) in [5.41, 5.74) is 5.42. The normalized spacial score (nSPS) is 13.6. The zero-order chi connectivity index (χ0) is 23.7. The van der Waals surface area contributed by atoms with E-state index in [2.05, 4.69) is 5.32 Å². The van der Waals surface area contributed by atoms with Crippen molar-refractivity contribution in [2.75, 3.05) is 19.4 Å². The van der Waals surface area contributed by atoms with Crippen LogP contribution in [0.4, 0.5) is 0 Å². The zero-order valence-corrected chi connectivity index (χ0v) is 18.4. The van der Waals surface area contributed by atoms with Crippen LogP contribution >= 0.6 is 23.2 Å². The first-order chi connectivity index (χ1) is 13.6. The molecule has 0 aliphatic rings. The Morgan fingerprint density at radius 1 is 1.13 bits per heavy atom. The van der Waals surface area contributed by atoms with Gasteiger partial charge in [0.2, 0.25) is 0 Å². The maximum Gasteiger partial charge on any atom is 0.394 e. The number of aliphatic hydroxyl groups is 1. The molecular weight excluding hydrogens is 491 g/mol. The average molecular weight is 511 g/mol. The lowest BCUT2D eigenvalue weighted by molar-refractivity contribution is -0.144. The van der Waals surface area contributed by atoms with Crippen molar-refractivity contribution in [1.82, 2.24) is 5.32 Å². The molecule has 6 N–H and O–H groups in total. The van der Waals surface area contributed by atoms with Gasteiger partial charge in [-0.15, -0.1) is 0 Å². The Morgan fingerprint density at radius 2 is 1.60 bits per heavy atom. The molecular formula is C14H20Cl2N2O10S2. The average Bonchev–Trinajstić information content (AvgIpc) is 2.61. The number of ether oxygens (including phenoxy) is 1. The highest BCUT2D eigenvalue weighted by molar-refractivity contribution is 7.90. The molecule has 2 unspecified atom stereocenters. The molecule has 0 aliphatic heterocycles. The number of amides is 1. The third-order valence-corrected chi connectivity index (χ3v) is 4.67. The highest BCUT2D eigenvalue weighted by atomic mass is 35.5. The second kappa shape index (κ2) is 12.4. The maximum absolute atomic E-state index is 11.7. The second-order valence-corrected chi connectivity index (χ2v) is 9.54. The van der Waals surface area contributed by atoms with Gasteiger partial charge in [0.15, 0.2) is 14.7 Å².